The summed E-state index contributed by atoms with van der Waals surface area (Å²) in [6.07, 6.45) is 0. The number of aromatic carboxylic acids is 1. The van der Waals surface area contributed by atoms with E-state index < -0.39 is 23.2 Å². The van der Waals surface area contributed by atoms with Crippen molar-refractivity contribution in [1.82, 2.24) is 0 Å². The van der Waals surface area contributed by atoms with Crippen LogP contribution in [0.3, 0.4) is 0 Å². The van der Waals surface area contributed by atoms with E-state index in [4.69, 9.17) is 5.11 Å². The summed E-state index contributed by atoms with van der Waals surface area (Å²) in [5, 5.41) is 8.56. The lowest BCUT2D eigenvalue weighted by Crippen LogP contribution is -2.07. The highest BCUT2D eigenvalue weighted by Crippen LogP contribution is 2.25. The van der Waals surface area contributed by atoms with E-state index in [1.165, 1.54) is 14.0 Å². The molecule has 0 atom stereocenters. The van der Waals surface area contributed by atoms with Crippen LogP contribution >= 0.6 is 0 Å². The van der Waals surface area contributed by atoms with Crippen molar-refractivity contribution in [2.45, 2.75) is 6.92 Å². The van der Waals surface area contributed by atoms with Crippen molar-refractivity contribution in [2.75, 3.05) is 7.11 Å². The molecule has 0 saturated carbocycles. The topological polar surface area (TPSA) is 46.5 Å². The lowest BCUT2D eigenvalue weighted by atomic mass is 10.1. The number of carboxylic acid groups (broad SMARTS) is 1. The number of benzene rings is 1. The van der Waals surface area contributed by atoms with Gasteiger partial charge in [0.1, 0.15) is 11.4 Å². The maximum absolute atomic E-state index is 13.2. The second-order valence-electron chi connectivity index (χ2n) is 2.70. The van der Waals surface area contributed by atoms with Crippen LogP contribution in [0, 0.1) is 18.6 Å². The smallest absolute Gasteiger partial charge is 0.341 e. The number of rotatable bonds is 2. The molecule has 0 aliphatic heterocycles. The van der Waals surface area contributed by atoms with Gasteiger partial charge in [0, 0.05) is 0 Å². The maximum Gasteiger partial charge on any atom is 0.341 e. The molecule has 0 aromatic heterocycles. The van der Waals surface area contributed by atoms with Gasteiger partial charge in [0.2, 0.25) is 0 Å². The third kappa shape index (κ3) is 1.53. The van der Waals surface area contributed by atoms with Crippen LogP contribution in [0.15, 0.2) is 6.07 Å². The zero-order valence-corrected chi connectivity index (χ0v) is 7.60. The van der Waals surface area contributed by atoms with Crippen molar-refractivity contribution in [3.8, 4) is 5.75 Å². The average molecular weight is 202 g/mol. The first-order valence-electron chi connectivity index (χ1n) is 3.75. The number of carboxylic acids is 1. The van der Waals surface area contributed by atoms with E-state index in [1.807, 2.05) is 0 Å². The minimum Gasteiger partial charge on any atom is -0.494 e. The van der Waals surface area contributed by atoms with Gasteiger partial charge < -0.3 is 9.84 Å². The Bertz CT molecular complexity index is 388. The van der Waals surface area contributed by atoms with Gasteiger partial charge >= 0.3 is 5.97 Å². The van der Waals surface area contributed by atoms with Crippen LogP contribution < -0.4 is 4.74 Å². The minimum atomic E-state index is -1.65. The normalized spacial score (nSPS) is 10.0. The summed E-state index contributed by atoms with van der Waals surface area (Å²) in [7, 11) is 1.18. The highest BCUT2D eigenvalue weighted by molar-refractivity contribution is 5.89. The number of hydrogen-bond donors (Lipinski definition) is 1. The summed E-state index contributed by atoms with van der Waals surface area (Å²) in [4.78, 5) is 10.5. The van der Waals surface area contributed by atoms with Crippen LogP contribution in [0.25, 0.3) is 0 Å². The summed E-state index contributed by atoms with van der Waals surface area (Å²) >= 11 is 0. The second-order valence-corrected chi connectivity index (χ2v) is 2.70. The Hall–Kier alpha value is -1.65. The van der Waals surface area contributed by atoms with Gasteiger partial charge in [-0.2, -0.15) is 0 Å². The molecule has 5 heteroatoms. The Morgan fingerprint density at radius 3 is 2.43 bits per heavy atom. The molecule has 1 N–H and O–H groups in total. The molecule has 0 unspecified atom stereocenters. The highest BCUT2D eigenvalue weighted by Gasteiger charge is 2.22. The molecule has 14 heavy (non-hydrogen) atoms. The van der Waals surface area contributed by atoms with E-state index >= 15 is 0 Å². The van der Waals surface area contributed by atoms with Crippen molar-refractivity contribution in [3.63, 3.8) is 0 Å². The third-order valence-corrected chi connectivity index (χ3v) is 1.78. The molecule has 1 aromatic rings. The van der Waals surface area contributed by atoms with E-state index in [0.717, 1.165) is 6.07 Å². The largest absolute Gasteiger partial charge is 0.494 e. The zero-order chi connectivity index (χ0) is 10.9. The fourth-order valence-electron chi connectivity index (χ4n) is 1.08. The van der Waals surface area contributed by atoms with Gasteiger partial charge in [-0.15, -0.1) is 0 Å². The van der Waals surface area contributed by atoms with Crippen molar-refractivity contribution in [1.29, 1.82) is 0 Å². The average Bonchev–Trinajstić information content (AvgIpc) is 2.11. The van der Waals surface area contributed by atoms with Gasteiger partial charge in [-0.3, -0.25) is 0 Å². The maximum atomic E-state index is 13.2. The van der Waals surface area contributed by atoms with E-state index in [1.54, 1.807) is 0 Å². The molecule has 0 heterocycles. The van der Waals surface area contributed by atoms with E-state index in [9.17, 15) is 13.6 Å². The summed E-state index contributed by atoms with van der Waals surface area (Å²) in [6, 6.07) is 1.11. The standard InChI is InChI=1S/C9H8F2O3/c1-4-3-5(14-2)8(11)6(7(4)10)9(12)13/h3H,1-2H3,(H,12,13). The number of ether oxygens (including phenoxy) is 1. The number of hydrogen-bond acceptors (Lipinski definition) is 2. The zero-order valence-electron chi connectivity index (χ0n) is 7.60. The Kier molecular flexibility index (Phi) is 2.69. The lowest BCUT2D eigenvalue weighted by Gasteiger charge is -2.07. The molecular formula is C9H8F2O3. The second kappa shape index (κ2) is 3.61. The van der Waals surface area contributed by atoms with Crippen molar-refractivity contribution in [2.24, 2.45) is 0 Å². The Balaban J connectivity index is 3.53. The van der Waals surface area contributed by atoms with Crippen molar-refractivity contribution in [3.05, 3.63) is 28.8 Å². The monoisotopic (exact) mass is 202 g/mol. The van der Waals surface area contributed by atoms with Crippen molar-refractivity contribution < 1.29 is 23.4 Å². The predicted molar refractivity (Wildman–Crippen MR) is 44.6 cm³/mol. The molecule has 76 valence electrons. The van der Waals surface area contributed by atoms with Crippen molar-refractivity contribution >= 4 is 5.97 Å². The third-order valence-electron chi connectivity index (χ3n) is 1.78. The molecule has 1 aromatic carbocycles. The molecular weight excluding hydrogens is 194 g/mol. The molecule has 0 spiro atoms. The van der Waals surface area contributed by atoms with Gasteiger partial charge in [0.05, 0.1) is 7.11 Å². The van der Waals surface area contributed by atoms with Gasteiger partial charge in [-0.05, 0) is 18.6 Å². The molecule has 0 fully saturated rings. The first-order valence-corrected chi connectivity index (χ1v) is 3.75. The van der Waals surface area contributed by atoms with E-state index in [-0.39, 0.29) is 11.3 Å². The molecule has 0 amide bonds. The van der Waals surface area contributed by atoms with E-state index in [0.29, 0.717) is 0 Å². The number of halogens is 2. The van der Waals surface area contributed by atoms with Crippen LogP contribution in [0.4, 0.5) is 8.78 Å². The SMILES string of the molecule is COc1cc(C)c(F)c(C(=O)O)c1F. The number of methoxy groups -OCH3 is 1. The van der Waals surface area contributed by atoms with Crippen LogP contribution in [-0.2, 0) is 0 Å². The van der Waals surface area contributed by atoms with Crippen LogP contribution in [0.1, 0.15) is 15.9 Å². The van der Waals surface area contributed by atoms with E-state index in [2.05, 4.69) is 4.74 Å². The first-order chi connectivity index (χ1) is 6.49. The Morgan fingerprint density at radius 2 is 2.00 bits per heavy atom. The molecule has 0 bridgehead atoms. The van der Waals surface area contributed by atoms with Gasteiger partial charge in [0.25, 0.3) is 0 Å². The van der Waals surface area contributed by atoms with Crippen LogP contribution in [0.2, 0.25) is 0 Å². The summed E-state index contributed by atoms with van der Waals surface area (Å²) in [5.74, 6) is -4.19. The summed E-state index contributed by atoms with van der Waals surface area (Å²) in [6.45, 7) is 1.34. The van der Waals surface area contributed by atoms with Gasteiger partial charge in [-0.25, -0.2) is 13.6 Å². The molecule has 1 rings (SSSR count). The fourth-order valence-corrected chi connectivity index (χ4v) is 1.08. The van der Waals surface area contributed by atoms with Gasteiger partial charge in [0.15, 0.2) is 11.6 Å². The number of aryl methyl sites for hydroxylation is 1. The number of carbonyl (C=O) groups is 1. The fraction of sp³-hybridized carbons (Fsp3) is 0.222. The highest BCUT2D eigenvalue weighted by atomic mass is 19.1. The Morgan fingerprint density at radius 1 is 1.43 bits per heavy atom. The molecule has 0 radical (unpaired) electrons. The summed E-state index contributed by atoms with van der Waals surface area (Å²) in [5.41, 5.74) is -0.956. The molecule has 3 nitrogen and oxygen atoms in total. The Labute approximate surface area is 78.9 Å². The summed E-state index contributed by atoms with van der Waals surface area (Å²) < 4.78 is 30.9. The predicted octanol–water partition coefficient (Wildman–Crippen LogP) is 1.98. The molecule has 0 aliphatic carbocycles. The van der Waals surface area contributed by atoms with Gasteiger partial charge in [-0.1, -0.05) is 0 Å². The quantitative estimate of drug-likeness (QED) is 0.797. The van der Waals surface area contributed by atoms with Crippen LogP contribution in [-0.4, -0.2) is 18.2 Å². The lowest BCUT2D eigenvalue weighted by molar-refractivity contribution is 0.0685. The van der Waals surface area contributed by atoms with Crippen LogP contribution in [0.5, 0.6) is 5.75 Å². The molecule has 0 saturated heterocycles. The molecule has 0 aliphatic rings. The minimum absolute atomic E-state index is 0.0284. The first kappa shape index (κ1) is 10.4.